The lowest BCUT2D eigenvalue weighted by atomic mass is 9.64. The molecule has 0 aromatic carbocycles. The van der Waals surface area contributed by atoms with Crippen LogP contribution in [0.1, 0.15) is 32.1 Å². The van der Waals surface area contributed by atoms with Crippen LogP contribution in [0.15, 0.2) is 33.9 Å². The van der Waals surface area contributed by atoms with Gasteiger partial charge in [0.15, 0.2) is 0 Å². The maximum Gasteiger partial charge on any atom is -0.000154 e. The Hall–Kier alpha value is -0.780. The number of fused-ring (bicyclic) bond motifs is 1. The van der Waals surface area contributed by atoms with Crippen LogP contribution < -0.4 is 0 Å². The van der Waals surface area contributed by atoms with E-state index in [4.69, 9.17) is 0 Å². The van der Waals surface area contributed by atoms with Crippen LogP contribution in [-0.4, -0.2) is 0 Å². The summed E-state index contributed by atoms with van der Waals surface area (Å²) in [5.41, 5.74) is 11.3. The van der Waals surface area contributed by atoms with Gasteiger partial charge in [-0.1, -0.05) is 17.2 Å². The van der Waals surface area contributed by atoms with E-state index in [-0.39, 0.29) is 0 Å². The second kappa shape index (κ2) is 1.91. The van der Waals surface area contributed by atoms with Crippen molar-refractivity contribution in [1.29, 1.82) is 0 Å². The van der Waals surface area contributed by atoms with Gasteiger partial charge in [-0.3, -0.25) is 0 Å². The van der Waals surface area contributed by atoms with Crippen molar-refractivity contribution < 1.29 is 0 Å². The Morgan fingerprint density at radius 3 is 2.95 bits per heavy atom. The lowest BCUT2D eigenvalue weighted by Gasteiger charge is -2.39. The highest BCUT2D eigenvalue weighted by atomic mass is 14.9. The zero-order valence-corrected chi connectivity index (χ0v) is 11.7. The molecule has 9 atom stereocenters. The predicted molar refractivity (Wildman–Crippen MR) is 74.5 cm³/mol. The molecule has 0 heteroatoms. The van der Waals surface area contributed by atoms with Crippen molar-refractivity contribution >= 4 is 0 Å². The van der Waals surface area contributed by atoms with Crippen LogP contribution in [-0.2, 0) is 0 Å². The molecule has 98 valence electrons. The summed E-state index contributed by atoms with van der Waals surface area (Å²) in [6, 6.07) is 0. The Bertz CT molecular complexity index is 806. The topological polar surface area (TPSA) is 0 Å². The predicted octanol–water partition coefficient (Wildman–Crippen LogP) is 3.87. The second-order valence-electron chi connectivity index (χ2n) is 9.70. The normalized spacial score (nSPS) is 72.8. The quantitative estimate of drug-likeness (QED) is 0.619. The molecule has 10 aliphatic carbocycles. The molecule has 9 unspecified atom stereocenters. The van der Waals surface area contributed by atoms with Gasteiger partial charge >= 0.3 is 0 Å². The summed E-state index contributed by atoms with van der Waals surface area (Å²) in [6.45, 7) is 0. The molecule has 0 aliphatic heterocycles. The molecule has 5 fully saturated rings. The highest BCUT2D eigenvalue weighted by molar-refractivity contribution is 5.74. The van der Waals surface area contributed by atoms with E-state index in [0.717, 1.165) is 52.3 Å². The summed E-state index contributed by atoms with van der Waals surface area (Å²) < 4.78 is 0. The summed E-state index contributed by atoms with van der Waals surface area (Å²) in [4.78, 5) is 0. The Labute approximate surface area is 119 Å². The van der Waals surface area contributed by atoms with Crippen molar-refractivity contribution in [3.8, 4) is 0 Å². The second-order valence-corrected chi connectivity index (χ2v) is 9.70. The van der Waals surface area contributed by atoms with Gasteiger partial charge in [0.05, 0.1) is 0 Å². The third-order valence-corrected chi connectivity index (χ3v) is 10.2. The van der Waals surface area contributed by atoms with Crippen molar-refractivity contribution in [2.24, 2.45) is 52.3 Å². The summed E-state index contributed by atoms with van der Waals surface area (Å²) in [5, 5.41) is 0. The molecule has 2 spiro atoms. The smallest absolute Gasteiger partial charge is 0.000154 e. The largest absolute Gasteiger partial charge is 0.0627 e. The van der Waals surface area contributed by atoms with Crippen LogP contribution in [0.2, 0.25) is 0 Å². The van der Waals surface area contributed by atoms with E-state index in [1.54, 1.807) is 19.3 Å². The van der Waals surface area contributed by atoms with Crippen LogP contribution in [0.5, 0.6) is 0 Å². The van der Waals surface area contributed by atoms with Gasteiger partial charge in [0.2, 0.25) is 0 Å². The molecule has 0 saturated heterocycles. The first-order chi connectivity index (χ1) is 9.87. The summed E-state index contributed by atoms with van der Waals surface area (Å²) in [7, 11) is 0. The lowest BCUT2D eigenvalue weighted by Crippen LogP contribution is -2.34. The highest BCUT2D eigenvalue weighted by Crippen LogP contribution is 2.98. The summed E-state index contributed by atoms with van der Waals surface area (Å²) in [6.07, 6.45) is 10.6. The standard InChI is InChI=1S/C20H18/c1-2-8-14-3-9-12-6-19-5-11(12)7(1)13(19)4-10-15(8)17-16(10)20(14,17)18(9)19/h4,9,11-12,14,16-18H,1-3,5-6H2. The molecule has 0 nitrogen and oxygen atoms in total. The monoisotopic (exact) mass is 258 g/mol. The van der Waals surface area contributed by atoms with Crippen LogP contribution in [0, 0.1) is 52.3 Å². The summed E-state index contributed by atoms with van der Waals surface area (Å²) in [5.74, 6) is 7.73. The van der Waals surface area contributed by atoms with Gasteiger partial charge in [0.25, 0.3) is 0 Å². The molecular weight excluding hydrogens is 240 g/mol. The first-order valence-corrected chi connectivity index (χ1v) is 9.06. The van der Waals surface area contributed by atoms with Crippen molar-refractivity contribution in [3.05, 3.63) is 33.9 Å². The summed E-state index contributed by atoms with van der Waals surface area (Å²) >= 11 is 0. The van der Waals surface area contributed by atoms with E-state index < -0.39 is 0 Å². The third-order valence-electron chi connectivity index (χ3n) is 10.2. The molecule has 0 heterocycles. The van der Waals surface area contributed by atoms with Crippen molar-refractivity contribution in [1.82, 2.24) is 0 Å². The first-order valence-electron chi connectivity index (χ1n) is 9.06. The molecule has 0 aromatic rings. The third kappa shape index (κ3) is 0.451. The minimum absolute atomic E-state index is 0.726. The van der Waals surface area contributed by atoms with E-state index in [2.05, 4.69) is 6.08 Å². The lowest BCUT2D eigenvalue weighted by molar-refractivity contribution is 0.117. The van der Waals surface area contributed by atoms with Crippen LogP contribution in [0.3, 0.4) is 0 Å². The zero-order chi connectivity index (χ0) is 12.2. The average Bonchev–Trinajstić information content (AvgIpc) is 2.84. The fourth-order valence-electron chi connectivity index (χ4n) is 10.5. The number of hydrogen-bond acceptors (Lipinski definition) is 0. The fourth-order valence-corrected chi connectivity index (χ4v) is 10.5. The van der Waals surface area contributed by atoms with E-state index in [1.165, 1.54) is 12.8 Å². The van der Waals surface area contributed by atoms with Gasteiger partial charge in [0, 0.05) is 0 Å². The average molecular weight is 258 g/mol. The van der Waals surface area contributed by atoms with Crippen molar-refractivity contribution in [2.45, 2.75) is 32.1 Å². The van der Waals surface area contributed by atoms with Gasteiger partial charge in [0.1, 0.15) is 0 Å². The van der Waals surface area contributed by atoms with Crippen molar-refractivity contribution in [2.75, 3.05) is 0 Å². The first kappa shape index (κ1) is 8.61. The van der Waals surface area contributed by atoms with Gasteiger partial charge in [-0.2, -0.15) is 0 Å². The molecule has 10 rings (SSSR count). The fraction of sp³-hybridized carbons (Fsp3) is 0.700. The molecular formula is C20H18. The van der Waals surface area contributed by atoms with Gasteiger partial charge in [-0.15, -0.1) is 0 Å². The maximum absolute atomic E-state index is 2.80. The van der Waals surface area contributed by atoms with Crippen LogP contribution >= 0.6 is 0 Å². The highest BCUT2D eigenvalue weighted by Gasteiger charge is 2.92. The molecule has 0 N–H and O–H groups in total. The van der Waals surface area contributed by atoms with E-state index in [9.17, 15) is 0 Å². The minimum atomic E-state index is 0.726. The molecule has 6 bridgehead atoms. The van der Waals surface area contributed by atoms with Gasteiger partial charge in [-0.05, 0) is 101 Å². The molecule has 0 aromatic heterocycles. The molecule has 10 aliphatic rings. The van der Waals surface area contributed by atoms with Crippen molar-refractivity contribution in [3.63, 3.8) is 0 Å². The Balaban J connectivity index is 1.60. The van der Waals surface area contributed by atoms with Gasteiger partial charge in [-0.25, -0.2) is 0 Å². The SMILES string of the molecule is C1=C2C3=C4CCC5=C1C16CC5C(C1)C1CC4C4(C2C34)C16. The molecule has 20 heavy (non-hydrogen) atoms. The maximum atomic E-state index is 2.80. The van der Waals surface area contributed by atoms with Crippen LogP contribution in [0.25, 0.3) is 0 Å². The molecule has 0 amide bonds. The van der Waals surface area contributed by atoms with Crippen LogP contribution in [0.4, 0.5) is 0 Å². The van der Waals surface area contributed by atoms with E-state index in [1.807, 2.05) is 27.9 Å². The molecule has 5 saturated carbocycles. The van der Waals surface area contributed by atoms with E-state index >= 15 is 0 Å². The minimum Gasteiger partial charge on any atom is -0.0627 e. The number of rotatable bonds is 0. The Kier molecular flexibility index (Phi) is 0.821. The Morgan fingerprint density at radius 2 is 1.95 bits per heavy atom. The Morgan fingerprint density at radius 1 is 1.00 bits per heavy atom. The zero-order valence-electron chi connectivity index (χ0n) is 11.7. The van der Waals surface area contributed by atoms with Gasteiger partial charge < -0.3 is 0 Å². The number of allylic oxidation sites excluding steroid dienone is 6. The van der Waals surface area contributed by atoms with E-state index in [0.29, 0.717) is 0 Å². The molecule has 0 radical (unpaired) electrons. The number of hydrogen-bond donors (Lipinski definition) is 0.